The zero-order chi connectivity index (χ0) is 14.1. The highest BCUT2D eigenvalue weighted by Crippen LogP contribution is 2.32. The molecule has 3 heteroatoms. The quantitative estimate of drug-likeness (QED) is 0.735. The molecule has 1 N–H and O–H groups in total. The van der Waals surface area contributed by atoms with Crippen molar-refractivity contribution >= 4 is 32.8 Å². The predicted octanol–water partition coefficient (Wildman–Crippen LogP) is 4.72. The summed E-state index contributed by atoms with van der Waals surface area (Å²) in [6, 6.07) is 17.3. The van der Waals surface area contributed by atoms with Gasteiger partial charge in [-0.2, -0.15) is 0 Å². The van der Waals surface area contributed by atoms with Crippen molar-refractivity contribution in [3.63, 3.8) is 0 Å². The molecule has 2 heterocycles. The van der Waals surface area contributed by atoms with E-state index in [-0.39, 0.29) is 0 Å². The third-order valence-electron chi connectivity index (χ3n) is 4.09. The first-order chi connectivity index (χ1) is 10.4. The summed E-state index contributed by atoms with van der Waals surface area (Å²) in [5.41, 5.74) is 4.02. The van der Waals surface area contributed by atoms with Gasteiger partial charge in [0.25, 0.3) is 0 Å². The van der Waals surface area contributed by atoms with E-state index in [0.717, 1.165) is 19.6 Å². The first kappa shape index (κ1) is 12.7. The van der Waals surface area contributed by atoms with Crippen LogP contribution in [0.5, 0.6) is 0 Å². The highest BCUT2D eigenvalue weighted by Gasteiger charge is 2.16. The summed E-state index contributed by atoms with van der Waals surface area (Å²) in [5, 5.41) is 7.24. The van der Waals surface area contributed by atoms with E-state index >= 15 is 0 Å². The van der Waals surface area contributed by atoms with E-state index in [1.807, 2.05) is 11.3 Å². The van der Waals surface area contributed by atoms with Crippen molar-refractivity contribution in [2.24, 2.45) is 0 Å². The van der Waals surface area contributed by atoms with Gasteiger partial charge in [0, 0.05) is 24.3 Å². The molecule has 0 radical (unpaired) electrons. The van der Waals surface area contributed by atoms with Gasteiger partial charge >= 0.3 is 0 Å². The second-order valence-electron chi connectivity index (χ2n) is 5.48. The van der Waals surface area contributed by atoms with Gasteiger partial charge in [0.15, 0.2) is 0 Å². The van der Waals surface area contributed by atoms with Gasteiger partial charge in [-0.05, 0) is 40.9 Å². The Bertz CT molecular complexity index is 763. The lowest BCUT2D eigenvalue weighted by atomic mass is 10.1. The minimum absolute atomic E-state index is 0.989. The number of nitrogens with one attached hydrogen (secondary N) is 1. The van der Waals surface area contributed by atoms with Crippen LogP contribution in [0.15, 0.2) is 53.9 Å². The first-order valence-corrected chi connectivity index (χ1v) is 8.33. The molecule has 0 amide bonds. The standard InChI is InChI=1S/C18H18N2S/c1-4-9-18-15(6-1)14(13-21-18)12-20-11-5-10-19-16-7-2-3-8-17(16)20/h1-4,6-9,13,19H,5,10-12H2. The number of benzene rings is 2. The van der Waals surface area contributed by atoms with Crippen molar-refractivity contribution in [3.05, 3.63) is 59.5 Å². The van der Waals surface area contributed by atoms with E-state index in [4.69, 9.17) is 0 Å². The summed E-state index contributed by atoms with van der Waals surface area (Å²) >= 11 is 1.85. The molecule has 1 aliphatic heterocycles. The largest absolute Gasteiger partial charge is 0.383 e. The molecule has 0 atom stereocenters. The Hall–Kier alpha value is -2.00. The smallest absolute Gasteiger partial charge is 0.0605 e. The van der Waals surface area contributed by atoms with Crippen LogP contribution in [-0.2, 0) is 6.54 Å². The zero-order valence-electron chi connectivity index (χ0n) is 11.9. The second-order valence-corrected chi connectivity index (χ2v) is 6.39. The van der Waals surface area contributed by atoms with Crippen LogP contribution in [0.2, 0.25) is 0 Å². The third-order valence-corrected chi connectivity index (χ3v) is 5.10. The summed E-state index contributed by atoms with van der Waals surface area (Å²) in [6.45, 7) is 3.15. The number of hydrogen-bond acceptors (Lipinski definition) is 3. The van der Waals surface area contributed by atoms with E-state index in [2.05, 4.69) is 64.1 Å². The zero-order valence-corrected chi connectivity index (χ0v) is 12.7. The SMILES string of the molecule is c1ccc2c(c1)NCCCN2Cc1csc2ccccc12. The molecule has 0 saturated heterocycles. The Kier molecular flexibility index (Phi) is 3.28. The normalized spacial score (nSPS) is 14.6. The van der Waals surface area contributed by atoms with Gasteiger partial charge in [0.2, 0.25) is 0 Å². The van der Waals surface area contributed by atoms with Gasteiger partial charge in [-0.25, -0.2) is 0 Å². The molecule has 2 aromatic carbocycles. The Labute approximate surface area is 129 Å². The fourth-order valence-electron chi connectivity index (χ4n) is 3.04. The molecule has 0 spiro atoms. The van der Waals surface area contributed by atoms with Crippen LogP contribution >= 0.6 is 11.3 Å². The Balaban J connectivity index is 1.71. The maximum absolute atomic E-state index is 3.53. The molecule has 0 aliphatic carbocycles. The lowest BCUT2D eigenvalue weighted by Crippen LogP contribution is -2.23. The molecular weight excluding hydrogens is 276 g/mol. The number of nitrogens with zero attached hydrogens (tertiary/aromatic N) is 1. The topological polar surface area (TPSA) is 15.3 Å². The molecule has 4 rings (SSSR count). The minimum Gasteiger partial charge on any atom is -0.383 e. The number of fused-ring (bicyclic) bond motifs is 2. The molecule has 106 valence electrons. The third kappa shape index (κ3) is 2.38. The van der Waals surface area contributed by atoms with E-state index < -0.39 is 0 Å². The molecule has 1 aliphatic rings. The van der Waals surface area contributed by atoms with Crippen LogP contribution in [0.4, 0.5) is 11.4 Å². The summed E-state index contributed by atoms with van der Waals surface area (Å²) < 4.78 is 1.38. The number of rotatable bonds is 2. The molecule has 0 saturated carbocycles. The summed E-state index contributed by atoms with van der Waals surface area (Å²) in [5.74, 6) is 0. The predicted molar refractivity (Wildman–Crippen MR) is 92.4 cm³/mol. The molecule has 21 heavy (non-hydrogen) atoms. The van der Waals surface area contributed by atoms with Crippen molar-refractivity contribution in [2.45, 2.75) is 13.0 Å². The van der Waals surface area contributed by atoms with Gasteiger partial charge in [-0.3, -0.25) is 0 Å². The van der Waals surface area contributed by atoms with Crippen molar-refractivity contribution in [1.29, 1.82) is 0 Å². The molecule has 3 aromatic rings. The van der Waals surface area contributed by atoms with Crippen molar-refractivity contribution < 1.29 is 0 Å². The van der Waals surface area contributed by atoms with Crippen LogP contribution in [0.25, 0.3) is 10.1 Å². The van der Waals surface area contributed by atoms with Gasteiger partial charge in [-0.15, -0.1) is 11.3 Å². The molecule has 0 fully saturated rings. The number of hydrogen-bond donors (Lipinski definition) is 1. The summed E-state index contributed by atoms with van der Waals surface area (Å²) in [6.07, 6.45) is 1.18. The van der Waals surface area contributed by atoms with Crippen LogP contribution < -0.4 is 10.2 Å². The maximum Gasteiger partial charge on any atom is 0.0605 e. The highest BCUT2D eigenvalue weighted by atomic mass is 32.1. The van der Waals surface area contributed by atoms with Gasteiger partial charge < -0.3 is 10.2 Å². The molecule has 1 aromatic heterocycles. The van der Waals surface area contributed by atoms with Crippen LogP contribution in [0.3, 0.4) is 0 Å². The fourth-order valence-corrected chi connectivity index (χ4v) is 3.99. The Morgan fingerprint density at radius 1 is 1.05 bits per heavy atom. The molecule has 2 nitrogen and oxygen atoms in total. The van der Waals surface area contributed by atoms with Crippen molar-refractivity contribution in [2.75, 3.05) is 23.3 Å². The van der Waals surface area contributed by atoms with Gasteiger partial charge in [-0.1, -0.05) is 30.3 Å². The van der Waals surface area contributed by atoms with Gasteiger partial charge in [0.1, 0.15) is 0 Å². The van der Waals surface area contributed by atoms with E-state index in [1.54, 1.807) is 0 Å². The van der Waals surface area contributed by atoms with E-state index in [9.17, 15) is 0 Å². The molecule has 0 bridgehead atoms. The fraction of sp³-hybridized carbons (Fsp3) is 0.222. The monoisotopic (exact) mass is 294 g/mol. The molecule has 0 unspecified atom stereocenters. The lowest BCUT2D eigenvalue weighted by molar-refractivity contribution is 0.768. The average molecular weight is 294 g/mol. The van der Waals surface area contributed by atoms with Gasteiger partial charge in [0.05, 0.1) is 11.4 Å². The number of para-hydroxylation sites is 2. The average Bonchev–Trinajstić information content (AvgIpc) is 2.82. The van der Waals surface area contributed by atoms with Crippen LogP contribution in [0, 0.1) is 0 Å². The first-order valence-electron chi connectivity index (χ1n) is 7.45. The number of thiophene rings is 1. The summed E-state index contributed by atoms with van der Waals surface area (Å²) in [4.78, 5) is 2.50. The van der Waals surface area contributed by atoms with Crippen LogP contribution in [-0.4, -0.2) is 13.1 Å². The van der Waals surface area contributed by atoms with Crippen LogP contribution in [0.1, 0.15) is 12.0 Å². The Morgan fingerprint density at radius 3 is 2.90 bits per heavy atom. The second kappa shape index (κ2) is 5.41. The van der Waals surface area contributed by atoms with E-state index in [1.165, 1.54) is 33.4 Å². The minimum atomic E-state index is 0.989. The number of anilines is 2. The Morgan fingerprint density at radius 2 is 1.90 bits per heavy atom. The highest BCUT2D eigenvalue weighted by molar-refractivity contribution is 7.17. The maximum atomic E-state index is 3.53. The van der Waals surface area contributed by atoms with E-state index in [0.29, 0.717) is 0 Å². The van der Waals surface area contributed by atoms with Crippen molar-refractivity contribution in [3.8, 4) is 0 Å². The lowest BCUT2D eigenvalue weighted by Gasteiger charge is -2.24. The summed E-state index contributed by atoms with van der Waals surface area (Å²) in [7, 11) is 0. The van der Waals surface area contributed by atoms with Crippen molar-refractivity contribution in [1.82, 2.24) is 0 Å². The molecular formula is C18H18N2S.